The molecule has 0 bridgehead atoms. The summed E-state index contributed by atoms with van der Waals surface area (Å²) in [7, 11) is 1.63. The molecule has 2 amide bonds. The van der Waals surface area contributed by atoms with E-state index in [9.17, 15) is 9.59 Å². The van der Waals surface area contributed by atoms with Crippen molar-refractivity contribution in [3.63, 3.8) is 0 Å². The van der Waals surface area contributed by atoms with Gasteiger partial charge in [0.2, 0.25) is 11.8 Å². The highest BCUT2D eigenvalue weighted by Crippen LogP contribution is 2.30. The second-order valence-corrected chi connectivity index (χ2v) is 10.0. The van der Waals surface area contributed by atoms with Crippen LogP contribution >= 0.6 is 22.7 Å². The van der Waals surface area contributed by atoms with Crippen molar-refractivity contribution in [3.8, 4) is 5.75 Å². The van der Waals surface area contributed by atoms with Gasteiger partial charge in [0.05, 0.1) is 13.5 Å². The molecule has 1 aliphatic rings. The Morgan fingerprint density at radius 2 is 1.88 bits per heavy atom. The Labute approximate surface area is 197 Å². The molecule has 0 unspecified atom stereocenters. The van der Waals surface area contributed by atoms with Gasteiger partial charge in [0, 0.05) is 22.3 Å². The van der Waals surface area contributed by atoms with Gasteiger partial charge in [-0.25, -0.2) is 0 Å². The Hall–Kier alpha value is -2.64. The number of rotatable bonds is 9. The summed E-state index contributed by atoms with van der Waals surface area (Å²) in [6, 6.07) is 15.0. The Balaban J connectivity index is 1.66. The first-order valence-electron chi connectivity index (χ1n) is 10.9. The first-order chi connectivity index (χ1) is 15.6. The Morgan fingerprint density at radius 3 is 2.56 bits per heavy atom. The highest BCUT2D eigenvalue weighted by atomic mass is 32.1. The van der Waals surface area contributed by atoms with E-state index in [4.69, 9.17) is 4.74 Å². The van der Waals surface area contributed by atoms with Crippen LogP contribution in [0.2, 0.25) is 0 Å². The fourth-order valence-corrected chi connectivity index (χ4v) is 5.71. The molecule has 1 N–H and O–H groups in total. The predicted octanol–water partition coefficient (Wildman–Crippen LogP) is 5.19. The SMILES string of the molecule is COc1cccc(CN(C(=O)Cc2cccs2)[C@H](C(=O)NC2CCCC2)c2cccs2)c1. The van der Waals surface area contributed by atoms with Crippen molar-refractivity contribution < 1.29 is 14.3 Å². The molecule has 0 spiro atoms. The normalized spacial score (nSPS) is 14.8. The maximum atomic E-state index is 13.6. The summed E-state index contributed by atoms with van der Waals surface area (Å²) in [4.78, 5) is 30.7. The standard InChI is InChI=1S/C25H28N2O3S2/c1-30-20-10-4-7-18(15-20)17-27(23(28)16-21-11-5-13-31-21)24(22-12-6-14-32-22)25(29)26-19-8-2-3-9-19/h4-7,10-15,19,24H,2-3,8-9,16-17H2,1H3,(H,26,29)/t24-/m0/s1. The van der Waals surface area contributed by atoms with Crippen LogP contribution < -0.4 is 10.1 Å². The fourth-order valence-electron chi connectivity index (χ4n) is 4.18. The third-order valence-electron chi connectivity index (χ3n) is 5.79. The van der Waals surface area contributed by atoms with Crippen molar-refractivity contribution >= 4 is 34.5 Å². The summed E-state index contributed by atoms with van der Waals surface area (Å²) < 4.78 is 5.37. The molecule has 7 heteroatoms. The summed E-state index contributed by atoms with van der Waals surface area (Å²) in [5, 5.41) is 7.15. The van der Waals surface area contributed by atoms with Gasteiger partial charge in [0.1, 0.15) is 11.8 Å². The van der Waals surface area contributed by atoms with Crippen LogP contribution in [0.1, 0.15) is 47.0 Å². The van der Waals surface area contributed by atoms with E-state index in [-0.39, 0.29) is 24.3 Å². The lowest BCUT2D eigenvalue weighted by atomic mass is 10.1. The van der Waals surface area contributed by atoms with Crippen LogP contribution in [0.3, 0.4) is 0 Å². The molecular weight excluding hydrogens is 440 g/mol. The lowest BCUT2D eigenvalue weighted by Gasteiger charge is -2.31. The number of carbonyl (C=O) groups excluding carboxylic acids is 2. The number of hydrogen-bond donors (Lipinski definition) is 1. The third-order valence-corrected chi connectivity index (χ3v) is 7.59. The lowest BCUT2D eigenvalue weighted by Crippen LogP contribution is -2.46. The second-order valence-electron chi connectivity index (χ2n) is 8.04. The number of nitrogens with zero attached hydrogens (tertiary/aromatic N) is 1. The summed E-state index contributed by atoms with van der Waals surface area (Å²) in [5.41, 5.74) is 0.930. The van der Waals surface area contributed by atoms with Crippen molar-refractivity contribution in [3.05, 3.63) is 74.6 Å². The van der Waals surface area contributed by atoms with Gasteiger partial charge in [-0.3, -0.25) is 9.59 Å². The molecule has 0 radical (unpaired) electrons. The van der Waals surface area contributed by atoms with Crippen molar-refractivity contribution in [2.75, 3.05) is 7.11 Å². The fraction of sp³-hybridized carbons (Fsp3) is 0.360. The predicted molar refractivity (Wildman–Crippen MR) is 129 cm³/mol. The quantitative estimate of drug-likeness (QED) is 0.470. The minimum atomic E-state index is -0.658. The zero-order chi connectivity index (χ0) is 22.3. The molecule has 1 aromatic carbocycles. The molecule has 1 aliphatic carbocycles. The zero-order valence-corrected chi connectivity index (χ0v) is 19.8. The van der Waals surface area contributed by atoms with Gasteiger partial charge in [0.25, 0.3) is 0 Å². The molecule has 5 nitrogen and oxygen atoms in total. The number of carbonyl (C=O) groups is 2. The molecule has 1 atom stereocenters. The maximum absolute atomic E-state index is 13.6. The van der Waals surface area contributed by atoms with Crippen LogP contribution in [0.25, 0.3) is 0 Å². The minimum Gasteiger partial charge on any atom is -0.497 e. The summed E-state index contributed by atoms with van der Waals surface area (Å²) in [5.74, 6) is 0.577. The van der Waals surface area contributed by atoms with E-state index in [1.54, 1.807) is 23.3 Å². The molecule has 3 aromatic rings. The van der Waals surface area contributed by atoms with Crippen LogP contribution in [-0.4, -0.2) is 29.9 Å². The molecule has 2 heterocycles. The molecule has 168 valence electrons. The molecule has 32 heavy (non-hydrogen) atoms. The number of benzene rings is 1. The van der Waals surface area contributed by atoms with Gasteiger partial charge in [-0.2, -0.15) is 0 Å². The van der Waals surface area contributed by atoms with Crippen molar-refractivity contribution in [2.45, 2.75) is 50.7 Å². The number of thiophene rings is 2. The Kier molecular flexibility index (Phi) is 7.60. The maximum Gasteiger partial charge on any atom is 0.248 e. The Bertz CT molecular complexity index is 1010. The molecule has 4 rings (SSSR count). The monoisotopic (exact) mass is 468 g/mol. The molecule has 0 aliphatic heterocycles. The molecule has 2 aromatic heterocycles. The van der Waals surface area contributed by atoms with Crippen molar-refractivity contribution in [2.24, 2.45) is 0 Å². The highest BCUT2D eigenvalue weighted by Gasteiger charge is 2.34. The van der Waals surface area contributed by atoms with E-state index >= 15 is 0 Å². The number of nitrogens with one attached hydrogen (secondary N) is 1. The lowest BCUT2D eigenvalue weighted by molar-refractivity contribution is -0.141. The first kappa shape index (κ1) is 22.6. The summed E-state index contributed by atoms with van der Waals surface area (Å²) >= 11 is 3.07. The molecular formula is C25H28N2O3S2. The van der Waals surface area contributed by atoms with Gasteiger partial charge in [-0.15, -0.1) is 22.7 Å². The van der Waals surface area contributed by atoms with Gasteiger partial charge in [-0.05, 0) is 53.4 Å². The van der Waals surface area contributed by atoms with Crippen LogP contribution in [0.15, 0.2) is 59.3 Å². The number of amides is 2. The topological polar surface area (TPSA) is 58.6 Å². The number of ether oxygens (including phenoxy) is 1. The van der Waals surface area contributed by atoms with Crippen LogP contribution in [0, 0.1) is 0 Å². The van der Waals surface area contributed by atoms with E-state index in [0.717, 1.165) is 46.8 Å². The van der Waals surface area contributed by atoms with E-state index in [2.05, 4.69) is 5.32 Å². The van der Waals surface area contributed by atoms with Gasteiger partial charge in [0.15, 0.2) is 0 Å². The van der Waals surface area contributed by atoms with Gasteiger partial charge < -0.3 is 15.0 Å². The van der Waals surface area contributed by atoms with Crippen molar-refractivity contribution in [1.82, 2.24) is 10.2 Å². The van der Waals surface area contributed by atoms with Crippen LogP contribution in [0.5, 0.6) is 5.75 Å². The first-order valence-corrected chi connectivity index (χ1v) is 12.7. The average Bonchev–Trinajstić information content (AvgIpc) is 3.58. The minimum absolute atomic E-state index is 0.0600. The number of methoxy groups -OCH3 is 1. The van der Waals surface area contributed by atoms with Crippen LogP contribution in [-0.2, 0) is 22.6 Å². The average molecular weight is 469 g/mol. The van der Waals surface area contributed by atoms with E-state index in [1.165, 1.54) is 11.3 Å². The zero-order valence-electron chi connectivity index (χ0n) is 18.2. The van der Waals surface area contributed by atoms with Crippen molar-refractivity contribution in [1.29, 1.82) is 0 Å². The van der Waals surface area contributed by atoms with Crippen LogP contribution in [0.4, 0.5) is 0 Å². The molecule has 1 fully saturated rings. The van der Waals surface area contributed by atoms with Gasteiger partial charge in [-0.1, -0.05) is 37.1 Å². The molecule has 1 saturated carbocycles. The van der Waals surface area contributed by atoms with E-state index in [1.807, 2.05) is 59.3 Å². The second kappa shape index (κ2) is 10.8. The smallest absolute Gasteiger partial charge is 0.248 e. The van der Waals surface area contributed by atoms with Gasteiger partial charge >= 0.3 is 0 Å². The Morgan fingerprint density at radius 1 is 1.09 bits per heavy atom. The largest absolute Gasteiger partial charge is 0.497 e. The van der Waals surface area contributed by atoms with E-state index in [0.29, 0.717) is 6.54 Å². The van der Waals surface area contributed by atoms with E-state index < -0.39 is 6.04 Å². The summed E-state index contributed by atoms with van der Waals surface area (Å²) in [6.07, 6.45) is 4.56. The number of hydrogen-bond acceptors (Lipinski definition) is 5. The molecule has 0 saturated heterocycles. The summed E-state index contributed by atoms with van der Waals surface area (Å²) in [6.45, 7) is 0.335. The third kappa shape index (κ3) is 5.58. The highest BCUT2D eigenvalue weighted by molar-refractivity contribution is 7.10.